The van der Waals surface area contributed by atoms with Crippen molar-refractivity contribution in [3.8, 4) is 0 Å². The summed E-state index contributed by atoms with van der Waals surface area (Å²) in [6, 6.07) is 0. The van der Waals surface area contributed by atoms with Gasteiger partial charge in [-0.05, 0) is 27.7 Å². The number of morpholine rings is 1. The average molecular weight is 305 g/mol. The highest BCUT2D eigenvalue weighted by molar-refractivity contribution is 4.98. The molecule has 0 amide bonds. The molecular weight excluding hydrogens is 282 g/mol. The summed E-state index contributed by atoms with van der Waals surface area (Å²) >= 11 is 0. The third-order valence-corrected chi connectivity index (χ3v) is 3.67. The maximum absolute atomic E-state index is 5.78. The standard InChI is InChI=1S/C14H23N7O/c1-10-15-13(18-16-10)12-9-20(5-6-22-12)7-11-8-21(19-17-11)14(2,3)4/h8,12H,5-7,9H2,1-4H3,(H,15,16,18)/t12-/m1/s1. The molecule has 0 saturated carbocycles. The van der Waals surface area contributed by atoms with Gasteiger partial charge in [0.05, 0.1) is 24.0 Å². The molecule has 3 heterocycles. The van der Waals surface area contributed by atoms with Crippen LogP contribution in [0.2, 0.25) is 0 Å². The van der Waals surface area contributed by atoms with Crippen molar-refractivity contribution in [3.05, 3.63) is 23.5 Å². The molecule has 22 heavy (non-hydrogen) atoms. The van der Waals surface area contributed by atoms with Crippen molar-refractivity contribution in [1.29, 1.82) is 0 Å². The van der Waals surface area contributed by atoms with Gasteiger partial charge < -0.3 is 4.74 Å². The van der Waals surface area contributed by atoms with Crippen LogP contribution in [0.1, 0.15) is 44.2 Å². The van der Waals surface area contributed by atoms with Crippen molar-refractivity contribution in [2.75, 3.05) is 19.7 Å². The Morgan fingerprint density at radius 3 is 2.86 bits per heavy atom. The first-order valence-corrected chi connectivity index (χ1v) is 7.56. The van der Waals surface area contributed by atoms with Gasteiger partial charge in [0.25, 0.3) is 0 Å². The second kappa shape index (κ2) is 5.77. The van der Waals surface area contributed by atoms with Crippen molar-refractivity contribution >= 4 is 0 Å². The van der Waals surface area contributed by atoms with Gasteiger partial charge in [0.1, 0.15) is 11.9 Å². The molecule has 8 nitrogen and oxygen atoms in total. The minimum Gasteiger partial charge on any atom is -0.367 e. The van der Waals surface area contributed by atoms with Crippen LogP contribution in [0.3, 0.4) is 0 Å². The predicted octanol–water partition coefficient (Wildman–Crippen LogP) is 1.03. The zero-order chi connectivity index (χ0) is 15.7. The molecule has 1 fully saturated rings. The summed E-state index contributed by atoms with van der Waals surface area (Å²) in [7, 11) is 0. The fourth-order valence-corrected chi connectivity index (χ4v) is 2.43. The van der Waals surface area contributed by atoms with Crippen molar-refractivity contribution in [3.63, 3.8) is 0 Å². The lowest BCUT2D eigenvalue weighted by molar-refractivity contribution is -0.0374. The Kier molecular flexibility index (Phi) is 3.96. The molecule has 2 aromatic rings. The number of ether oxygens (including phenoxy) is 1. The fraction of sp³-hybridized carbons (Fsp3) is 0.714. The third kappa shape index (κ3) is 3.33. The molecule has 120 valence electrons. The quantitative estimate of drug-likeness (QED) is 0.912. The van der Waals surface area contributed by atoms with Gasteiger partial charge in [0.2, 0.25) is 0 Å². The largest absolute Gasteiger partial charge is 0.367 e. The summed E-state index contributed by atoms with van der Waals surface area (Å²) in [5.41, 5.74) is 0.927. The predicted molar refractivity (Wildman–Crippen MR) is 80.1 cm³/mol. The molecule has 1 aliphatic heterocycles. The molecule has 0 spiro atoms. The highest BCUT2D eigenvalue weighted by atomic mass is 16.5. The summed E-state index contributed by atoms with van der Waals surface area (Å²) in [4.78, 5) is 6.66. The Labute approximate surface area is 129 Å². The molecule has 0 unspecified atom stereocenters. The summed E-state index contributed by atoms with van der Waals surface area (Å²) < 4.78 is 7.68. The zero-order valence-corrected chi connectivity index (χ0v) is 13.6. The smallest absolute Gasteiger partial charge is 0.180 e. The minimum atomic E-state index is -0.0867. The van der Waals surface area contributed by atoms with E-state index in [2.05, 4.69) is 51.2 Å². The van der Waals surface area contributed by atoms with E-state index in [4.69, 9.17) is 4.74 Å². The fourth-order valence-electron chi connectivity index (χ4n) is 2.43. The summed E-state index contributed by atoms with van der Waals surface area (Å²) in [5.74, 6) is 1.53. The summed E-state index contributed by atoms with van der Waals surface area (Å²) in [6.07, 6.45) is 1.93. The van der Waals surface area contributed by atoms with Gasteiger partial charge in [-0.15, -0.1) is 5.10 Å². The zero-order valence-electron chi connectivity index (χ0n) is 13.6. The lowest BCUT2D eigenvalue weighted by Gasteiger charge is -2.30. The monoisotopic (exact) mass is 305 g/mol. The van der Waals surface area contributed by atoms with Crippen molar-refractivity contribution < 1.29 is 4.74 Å². The van der Waals surface area contributed by atoms with Gasteiger partial charge in [-0.1, -0.05) is 5.21 Å². The number of hydrogen-bond acceptors (Lipinski definition) is 6. The van der Waals surface area contributed by atoms with Gasteiger partial charge in [-0.3, -0.25) is 10.00 Å². The van der Waals surface area contributed by atoms with E-state index in [1.807, 2.05) is 17.8 Å². The van der Waals surface area contributed by atoms with Crippen molar-refractivity contribution in [1.82, 2.24) is 35.1 Å². The first kappa shape index (κ1) is 15.1. The Hall–Kier alpha value is -1.80. The Bertz CT molecular complexity index is 627. The van der Waals surface area contributed by atoms with E-state index in [1.165, 1.54) is 0 Å². The molecule has 0 aromatic carbocycles. The van der Waals surface area contributed by atoms with E-state index in [9.17, 15) is 0 Å². The van der Waals surface area contributed by atoms with E-state index in [1.54, 1.807) is 0 Å². The number of rotatable bonds is 3. The van der Waals surface area contributed by atoms with Crippen LogP contribution in [0, 0.1) is 6.92 Å². The van der Waals surface area contributed by atoms with Crippen LogP contribution in [-0.2, 0) is 16.8 Å². The number of aryl methyl sites for hydroxylation is 1. The molecule has 0 bridgehead atoms. The number of nitrogens with zero attached hydrogens (tertiary/aromatic N) is 6. The number of nitrogens with one attached hydrogen (secondary N) is 1. The first-order chi connectivity index (χ1) is 10.4. The lowest BCUT2D eigenvalue weighted by atomic mass is 10.1. The van der Waals surface area contributed by atoms with E-state index < -0.39 is 0 Å². The van der Waals surface area contributed by atoms with Crippen LogP contribution >= 0.6 is 0 Å². The maximum atomic E-state index is 5.78. The summed E-state index contributed by atoms with van der Waals surface area (Å²) in [5, 5.41) is 15.5. The Balaban J connectivity index is 1.64. The van der Waals surface area contributed by atoms with Crippen LogP contribution in [0.4, 0.5) is 0 Å². The van der Waals surface area contributed by atoms with Gasteiger partial charge >= 0.3 is 0 Å². The van der Waals surface area contributed by atoms with E-state index >= 15 is 0 Å². The first-order valence-electron chi connectivity index (χ1n) is 7.56. The Morgan fingerprint density at radius 1 is 1.41 bits per heavy atom. The van der Waals surface area contributed by atoms with Crippen molar-refractivity contribution in [2.24, 2.45) is 0 Å². The van der Waals surface area contributed by atoms with E-state index in [0.717, 1.165) is 37.0 Å². The van der Waals surface area contributed by atoms with Crippen LogP contribution in [0.25, 0.3) is 0 Å². The number of hydrogen-bond donors (Lipinski definition) is 1. The highest BCUT2D eigenvalue weighted by Crippen LogP contribution is 2.20. The average Bonchev–Trinajstić information content (AvgIpc) is 3.08. The second-order valence-electron chi connectivity index (χ2n) is 6.70. The molecule has 3 rings (SSSR count). The van der Waals surface area contributed by atoms with Gasteiger partial charge in [0.15, 0.2) is 5.82 Å². The Morgan fingerprint density at radius 2 is 2.23 bits per heavy atom. The molecule has 0 aliphatic carbocycles. The van der Waals surface area contributed by atoms with Crippen molar-refractivity contribution in [2.45, 2.75) is 45.9 Å². The molecule has 0 radical (unpaired) electrons. The molecule has 1 N–H and O–H groups in total. The van der Waals surface area contributed by atoms with Gasteiger partial charge in [-0.2, -0.15) is 5.10 Å². The highest BCUT2D eigenvalue weighted by Gasteiger charge is 2.26. The van der Waals surface area contributed by atoms with E-state index in [0.29, 0.717) is 6.61 Å². The second-order valence-corrected chi connectivity index (χ2v) is 6.70. The molecule has 1 saturated heterocycles. The molecule has 1 atom stereocenters. The maximum Gasteiger partial charge on any atom is 0.180 e. The summed E-state index contributed by atoms with van der Waals surface area (Å²) in [6.45, 7) is 11.3. The van der Waals surface area contributed by atoms with Gasteiger partial charge in [-0.25, -0.2) is 9.67 Å². The third-order valence-electron chi connectivity index (χ3n) is 3.67. The van der Waals surface area contributed by atoms with Crippen LogP contribution < -0.4 is 0 Å². The molecule has 1 aliphatic rings. The topological polar surface area (TPSA) is 84.8 Å². The molecule has 8 heteroatoms. The molecule has 2 aromatic heterocycles. The SMILES string of the molecule is Cc1nc([C@H]2CN(Cc3cn(C(C)(C)C)nn3)CCO2)n[nH]1. The minimum absolute atomic E-state index is 0.0463. The van der Waals surface area contributed by atoms with Gasteiger partial charge in [0, 0.05) is 19.6 Å². The number of H-pyrrole nitrogens is 1. The van der Waals surface area contributed by atoms with Crippen LogP contribution in [0.15, 0.2) is 6.20 Å². The van der Waals surface area contributed by atoms with E-state index in [-0.39, 0.29) is 11.6 Å². The number of aromatic nitrogens is 6. The normalized spacial score (nSPS) is 20.5. The van der Waals surface area contributed by atoms with Crippen LogP contribution in [0.5, 0.6) is 0 Å². The molecular formula is C14H23N7O. The number of aromatic amines is 1. The lowest BCUT2D eigenvalue weighted by Crippen LogP contribution is -2.38. The van der Waals surface area contributed by atoms with Crippen LogP contribution in [-0.4, -0.2) is 54.8 Å².